The molecule has 31 heavy (non-hydrogen) atoms. The van der Waals surface area contributed by atoms with Crippen LogP contribution in [0.1, 0.15) is 31.2 Å². The van der Waals surface area contributed by atoms with Crippen molar-refractivity contribution in [3.05, 3.63) is 66.1 Å². The summed E-state index contributed by atoms with van der Waals surface area (Å²) < 4.78 is 11.0. The SMILES string of the molecule is CCOc1cccc(CNC(=O)C2CCCN(Cc3nc(-c4ccccc4)no3)C2)c1. The number of nitrogens with one attached hydrogen (secondary N) is 1. The van der Waals surface area contributed by atoms with Crippen LogP contribution in [0.4, 0.5) is 0 Å². The van der Waals surface area contributed by atoms with Crippen molar-refractivity contribution in [1.82, 2.24) is 20.4 Å². The molecule has 7 heteroatoms. The number of rotatable bonds is 8. The second-order valence-corrected chi connectivity index (χ2v) is 7.75. The molecule has 0 bridgehead atoms. The van der Waals surface area contributed by atoms with Crippen LogP contribution >= 0.6 is 0 Å². The molecule has 0 saturated carbocycles. The van der Waals surface area contributed by atoms with E-state index in [-0.39, 0.29) is 11.8 Å². The van der Waals surface area contributed by atoms with Crippen molar-refractivity contribution in [2.24, 2.45) is 5.92 Å². The lowest BCUT2D eigenvalue weighted by Crippen LogP contribution is -2.42. The largest absolute Gasteiger partial charge is 0.494 e. The molecule has 0 aliphatic carbocycles. The van der Waals surface area contributed by atoms with Gasteiger partial charge >= 0.3 is 0 Å². The van der Waals surface area contributed by atoms with E-state index in [9.17, 15) is 4.79 Å². The fourth-order valence-electron chi connectivity index (χ4n) is 3.87. The molecule has 162 valence electrons. The number of hydrogen-bond donors (Lipinski definition) is 1. The van der Waals surface area contributed by atoms with Crippen LogP contribution in [-0.2, 0) is 17.9 Å². The zero-order chi connectivity index (χ0) is 21.5. The van der Waals surface area contributed by atoms with Gasteiger partial charge in [-0.2, -0.15) is 4.98 Å². The minimum atomic E-state index is -0.0414. The lowest BCUT2D eigenvalue weighted by Gasteiger charge is -2.30. The monoisotopic (exact) mass is 420 g/mol. The van der Waals surface area contributed by atoms with E-state index in [1.165, 1.54) is 0 Å². The predicted octanol–water partition coefficient (Wildman–Crippen LogP) is 3.66. The Bertz CT molecular complexity index is 989. The highest BCUT2D eigenvalue weighted by Gasteiger charge is 2.26. The Hall–Kier alpha value is -3.19. The molecule has 3 aromatic rings. The maximum Gasteiger partial charge on any atom is 0.241 e. The van der Waals surface area contributed by atoms with E-state index in [1.807, 2.05) is 61.5 Å². The number of piperidine rings is 1. The van der Waals surface area contributed by atoms with E-state index in [2.05, 4.69) is 20.4 Å². The van der Waals surface area contributed by atoms with E-state index < -0.39 is 0 Å². The maximum atomic E-state index is 12.7. The first kappa shape index (κ1) is 21.1. The van der Waals surface area contributed by atoms with Gasteiger partial charge in [0.25, 0.3) is 0 Å². The van der Waals surface area contributed by atoms with Gasteiger partial charge in [0.1, 0.15) is 5.75 Å². The molecule has 1 aromatic heterocycles. The Balaban J connectivity index is 1.29. The summed E-state index contributed by atoms with van der Waals surface area (Å²) in [4.78, 5) is 19.5. The zero-order valence-corrected chi connectivity index (χ0v) is 17.8. The minimum absolute atomic E-state index is 0.0414. The van der Waals surface area contributed by atoms with Gasteiger partial charge in [-0.3, -0.25) is 9.69 Å². The van der Waals surface area contributed by atoms with Gasteiger partial charge in [-0.1, -0.05) is 47.6 Å². The smallest absolute Gasteiger partial charge is 0.241 e. The molecule has 7 nitrogen and oxygen atoms in total. The lowest BCUT2D eigenvalue weighted by atomic mass is 9.97. The first-order chi connectivity index (χ1) is 15.2. The molecule has 1 N–H and O–H groups in total. The van der Waals surface area contributed by atoms with Gasteiger partial charge in [-0.15, -0.1) is 0 Å². The molecule has 1 atom stereocenters. The summed E-state index contributed by atoms with van der Waals surface area (Å²) in [5.74, 6) is 2.04. The molecular formula is C24H28N4O3. The van der Waals surface area contributed by atoms with Crippen molar-refractivity contribution in [2.75, 3.05) is 19.7 Å². The number of ether oxygens (including phenoxy) is 1. The molecule has 0 radical (unpaired) electrons. The average Bonchev–Trinajstić information content (AvgIpc) is 3.27. The third-order valence-corrected chi connectivity index (χ3v) is 5.41. The van der Waals surface area contributed by atoms with Crippen LogP contribution in [-0.4, -0.2) is 40.6 Å². The molecule has 2 aromatic carbocycles. The molecule has 1 unspecified atom stereocenters. The average molecular weight is 421 g/mol. The molecular weight excluding hydrogens is 392 g/mol. The fraction of sp³-hybridized carbons (Fsp3) is 0.375. The van der Waals surface area contributed by atoms with Crippen LogP contribution in [0.5, 0.6) is 5.75 Å². The van der Waals surface area contributed by atoms with Crippen molar-refractivity contribution in [2.45, 2.75) is 32.9 Å². The van der Waals surface area contributed by atoms with Gasteiger partial charge < -0.3 is 14.6 Å². The normalized spacial score (nSPS) is 16.7. The highest BCUT2D eigenvalue weighted by Crippen LogP contribution is 2.21. The number of aromatic nitrogens is 2. The summed E-state index contributed by atoms with van der Waals surface area (Å²) in [5, 5.41) is 7.16. The minimum Gasteiger partial charge on any atom is -0.494 e. The summed E-state index contributed by atoms with van der Waals surface area (Å²) in [5.41, 5.74) is 1.97. The van der Waals surface area contributed by atoms with Gasteiger partial charge in [0, 0.05) is 18.7 Å². The molecule has 1 aliphatic rings. The summed E-state index contributed by atoms with van der Waals surface area (Å²) in [6, 6.07) is 17.6. The van der Waals surface area contributed by atoms with Crippen LogP contribution < -0.4 is 10.1 Å². The van der Waals surface area contributed by atoms with Crippen LogP contribution in [0, 0.1) is 5.92 Å². The van der Waals surface area contributed by atoms with Gasteiger partial charge in [-0.05, 0) is 44.0 Å². The van der Waals surface area contributed by atoms with E-state index in [0.29, 0.717) is 38.0 Å². The van der Waals surface area contributed by atoms with Crippen LogP contribution in [0.3, 0.4) is 0 Å². The number of benzene rings is 2. The first-order valence-corrected chi connectivity index (χ1v) is 10.8. The van der Waals surface area contributed by atoms with Crippen LogP contribution in [0.15, 0.2) is 59.1 Å². The molecule has 1 amide bonds. The highest BCUT2D eigenvalue weighted by molar-refractivity contribution is 5.79. The molecule has 4 rings (SSSR count). The predicted molar refractivity (Wildman–Crippen MR) is 117 cm³/mol. The Labute approximate surface area is 182 Å². The van der Waals surface area contributed by atoms with Crippen molar-refractivity contribution < 1.29 is 14.1 Å². The highest BCUT2D eigenvalue weighted by atomic mass is 16.5. The fourth-order valence-corrected chi connectivity index (χ4v) is 3.87. The maximum absolute atomic E-state index is 12.7. The Morgan fingerprint density at radius 1 is 1.23 bits per heavy atom. The van der Waals surface area contributed by atoms with Crippen molar-refractivity contribution in [3.63, 3.8) is 0 Å². The number of carbonyl (C=O) groups excluding carboxylic acids is 1. The van der Waals surface area contributed by atoms with Crippen molar-refractivity contribution >= 4 is 5.91 Å². The molecule has 1 aliphatic heterocycles. The quantitative estimate of drug-likeness (QED) is 0.599. The Kier molecular flexibility index (Phi) is 6.94. The van der Waals surface area contributed by atoms with E-state index in [1.54, 1.807) is 0 Å². The lowest BCUT2D eigenvalue weighted by molar-refractivity contribution is -0.127. The van der Waals surface area contributed by atoms with Gasteiger partial charge in [-0.25, -0.2) is 0 Å². The van der Waals surface area contributed by atoms with Gasteiger partial charge in [0.15, 0.2) is 0 Å². The molecule has 1 saturated heterocycles. The molecule has 2 heterocycles. The Morgan fingerprint density at radius 3 is 2.94 bits per heavy atom. The number of hydrogen-bond acceptors (Lipinski definition) is 6. The third kappa shape index (κ3) is 5.70. The topological polar surface area (TPSA) is 80.5 Å². The summed E-state index contributed by atoms with van der Waals surface area (Å²) in [6.07, 6.45) is 1.86. The molecule has 0 spiro atoms. The second-order valence-electron chi connectivity index (χ2n) is 7.75. The summed E-state index contributed by atoms with van der Waals surface area (Å²) in [6.45, 7) is 5.25. The molecule has 1 fully saturated rings. The van der Waals surface area contributed by atoms with E-state index in [0.717, 1.165) is 36.3 Å². The number of amides is 1. The number of likely N-dealkylation sites (tertiary alicyclic amines) is 1. The van der Waals surface area contributed by atoms with Crippen LogP contribution in [0.2, 0.25) is 0 Å². The van der Waals surface area contributed by atoms with E-state index in [4.69, 9.17) is 9.26 Å². The van der Waals surface area contributed by atoms with Crippen molar-refractivity contribution in [3.8, 4) is 17.1 Å². The van der Waals surface area contributed by atoms with Crippen LogP contribution in [0.25, 0.3) is 11.4 Å². The summed E-state index contributed by atoms with van der Waals surface area (Å²) in [7, 11) is 0. The summed E-state index contributed by atoms with van der Waals surface area (Å²) >= 11 is 0. The van der Waals surface area contributed by atoms with E-state index >= 15 is 0 Å². The zero-order valence-electron chi connectivity index (χ0n) is 17.8. The standard InChI is InChI=1S/C24H28N4O3/c1-2-30-21-12-6-8-18(14-21)15-25-24(29)20-11-7-13-28(16-20)17-22-26-23(27-31-22)19-9-4-3-5-10-19/h3-6,8-10,12,14,20H,2,7,11,13,15-17H2,1H3,(H,25,29). The number of carbonyl (C=O) groups is 1. The van der Waals surface area contributed by atoms with Gasteiger partial charge in [0.05, 0.1) is 19.1 Å². The second kappa shape index (κ2) is 10.2. The Morgan fingerprint density at radius 2 is 2.10 bits per heavy atom. The third-order valence-electron chi connectivity index (χ3n) is 5.41. The van der Waals surface area contributed by atoms with Crippen molar-refractivity contribution in [1.29, 1.82) is 0 Å². The van der Waals surface area contributed by atoms with Gasteiger partial charge in [0.2, 0.25) is 17.6 Å². The number of nitrogens with zero attached hydrogens (tertiary/aromatic N) is 3. The first-order valence-electron chi connectivity index (χ1n) is 10.8.